The lowest BCUT2D eigenvalue weighted by molar-refractivity contribution is -0.143. The number of rotatable bonds is 15. The van der Waals surface area contributed by atoms with Crippen LogP contribution in [0.3, 0.4) is 0 Å². The molecule has 0 bridgehead atoms. The zero-order chi connectivity index (χ0) is 16.8. The number of unbranched alkanes of at least 4 members (excludes halogenated alkanes) is 7. The van der Waals surface area contributed by atoms with Crippen LogP contribution < -0.4 is 0 Å². The van der Waals surface area contributed by atoms with E-state index >= 15 is 0 Å². The van der Waals surface area contributed by atoms with E-state index in [4.69, 9.17) is 4.74 Å². The standard InChI is InChI=1S/C20H36O2S/c1-3-5-6-7-9-12-15-18-19(23-18)16-13-10-8-11-14-17-20(21)22-4-2/h9,12,18-19H,3-8,10-11,13-17H2,1-2H3/b12-9-. The summed E-state index contributed by atoms with van der Waals surface area (Å²) in [7, 11) is 0. The molecule has 0 aromatic rings. The maximum atomic E-state index is 11.2. The number of hydrogen-bond acceptors (Lipinski definition) is 3. The lowest BCUT2D eigenvalue weighted by Gasteiger charge is -2.02. The van der Waals surface area contributed by atoms with Gasteiger partial charge < -0.3 is 4.74 Å². The molecule has 1 aliphatic rings. The molecule has 1 fully saturated rings. The molecule has 2 nitrogen and oxygen atoms in total. The van der Waals surface area contributed by atoms with Crippen LogP contribution in [-0.4, -0.2) is 23.1 Å². The molecule has 0 saturated carbocycles. The molecule has 23 heavy (non-hydrogen) atoms. The summed E-state index contributed by atoms with van der Waals surface area (Å²) in [4.78, 5) is 11.2. The van der Waals surface area contributed by atoms with Gasteiger partial charge in [0, 0.05) is 16.9 Å². The van der Waals surface area contributed by atoms with E-state index in [9.17, 15) is 4.79 Å². The van der Waals surface area contributed by atoms with E-state index in [2.05, 4.69) is 30.8 Å². The lowest BCUT2D eigenvalue weighted by Crippen LogP contribution is -2.03. The number of carbonyl (C=O) groups is 1. The van der Waals surface area contributed by atoms with Crippen LogP contribution in [0.15, 0.2) is 12.2 Å². The van der Waals surface area contributed by atoms with Crippen molar-refractivity contribution in [3.63, 3.8) is 0 Å². The van der Waals surface area contributed by atoms with Gasteiger partial charge in [0.2, 0.25) is 0 Å². The highest BCUT2D eigenvalue weighted by atomic mass is 32.2. The maximum Gasteiger partial charge on any atom is 0.305 e. The number of allylic oxidation sites excluding steroid dienone is 2. The molecule has 2 unspecified atom stereocenters. The fourth-order valence-electron chi connectivity index (χ4n) is 2.88. The minimum Gasteiger partial charge on any atom is -0.466 e. The van der Waals surface area contributed by atoms with Crippen molar-refractivity contribution >= 4 is 17.7 Å². The molecule has 0 aromatic heterocycles. The van der Waals surface area contributed by atoms with Gasteiger partial charge in [-0.1, -0.05) is 57.6 Å². The summed E-state index contributed by atoms with van der Waals surface area (Å²) in [6, 6.07) is 0. The van der Waals surface area contributed by atoms with E-state index in [1.165, 1.54) is 64.2 Å². The van der Waals surface area contributed by atoms with Gasteiger partial charge >= 0.3 is 5.97 Å². The summed E-state index contributed by atoms with van der Waals surface area (Å²) in [6.45, 7) is 4.63. The van der Waals surface area contributed by atoms with Crippen molar-refractivity contribution in [2.24, 2.45) is 0 Å². The molecule has 1 rings (SSSR count). The molecule has 1 aliphatic heterocycles. The average molecular weight is 341 g/mol. The zero-order valence-corrected chi connectivity index (χ0v) is 16.0. The molecule has 1 saturated heterocycles. The monoisotopic (exact) mass is 340 g/mol. The molecule has 134 valence electrons. The third-order valence-corrected chi connectivity index (χ3v) is 5.84. The van der Waals surface area contributed by atoms with Crippen molar-refractivity contribution in [1.29, 1.82) is 0 Å². The second-order valence-corrected chi connectivity index (χ2v) is 8.01. The van der Waals surface area contributed by atoms with Crippen LogP contribution in [0.1, 0.15) is 90.9 Å². The molecule has 0 amide bonds. The largest absolute Gasteiger partial charge is 0.466 e. The van der Waals surface area contributed by atoms with Crippen LogP contribution in [-0.2, 0) is 9.53 Å². The number of thioether (sulfide) groups is 1. The normalized spacial score (nSPS) is 20.1. The molecule has 1 heterocycles. The Morgan fingerprint density at radius 2 is 1.74 bits per heavy atom. The summed E-state index contributed by atoms with van der Waals surface area (Å²) in [6.07, 6.45) is 19.4. The predicted molar refractivity (Wildman–Crippen MR) is 102 cm³/mol. The molecule has 0 radical (unpaired) electrons. The Kier molecular flexibility index (Phi) is 12.5. The first kappa shape index (κ1) is 20.6. The van der Waals surface area contributed by atoms with E-state index in [0.29, 0.717) is 13.0 Å². The highest BCUT2D eigenvalue weighted by Gasteiger charge is 2.35. The van der Waals surface area contributed by atoms with Crippen molar-refractivity contribution in [3.05, 3.63) is 12.2 Å². The summed E-state index contributed by atoms with van der Waals surface area (Å²) < 4.78 is 4.93. The molecule has 0 aromatic carbocycles. The van der Waals surface area contributed by atoms with E-state index in [0.717, 1.165) is 16.9 Å². The van der Waals surface area contributed by atoms with Gasteiger partial charge in [0.25, 0.3) is 0 Å². The Bertz CT molecular complexity index is 328. The van der Waals surface area contributed by atoms with Gasteiger partial charge in [-0.05, 0) is 39.0 Å². The van der Waals surface area contributed by atoms with Crippen LogP contribution in [0.4, 0.5) is 0 Å². The first-order valence-corrected chi connectivity index (χ1v) is 10.7. The SMILES string of the molecule is CCCCC/C=C\CC1SC1CCCCCCCC(=O)OCC. The quantitative estimate of drug-likeness (QED) is 0.152. The number of carbonyl (C=O) groups excluding carboxylic acids is 1. The highest BCUT2D eigenvalue weighted by Crippen LogP contribution is 2.46. The predicted octanol–water partition coefficient (Wildman–Crippen LogP) is 6.29. The van der Waals surface area contributed by atoms with Crippen molar-refractivity contribution in [2.75, 3.05) is 6.61 Å². The van der Waals surface area contributed by atoms with Crippen molar-refractivity contribution < 1.29 is 9.53 Å². The van der Waals surface area contributed by atoms with Gasteiger partial charge in [-0.2, -0.15) is 11.8 Å². The Labute approximate surface area is 147 Å². The Hall–Kier alpha value is -0.440. The van der Waals surface area contributed by atoms with E-state index in [1.54, 1.807) is 0 Å². The van der Waals surface area contributed by atoms with Crippen LogP contribution in [0.2, 0.25) is 0 Å². The van der Waals surface area contributed by atoms with Gasteiger partial charge in [-0.25, -0.2) is 0 Å². The lowest BCUT2D eigenvalue weighted by atomic mass is 10.1. The zero-order valence-electron chi connectivity index (χ0n) is 15.2. The topological polar surface area (TPSA) is 26.3 Å². The molecule has 0 N–H and O–H groups in total. The van der Waals surface area contributed by atoms with Crippen LogP contribution >= 0.6 is 11.8 Å². The van der Waals surface area contributed by atoms with Crippen LogP contribution in [0.25, 0.3) is 0 Å². The molecule has 2 atom stereocenters. The first-order valence-electron chi connectivity index (χ1n) is 9.74. The van der Waals surface area contributed by atoms with E-state index in [1.807, 2.05) is 6.92 Å². The number of esters is 1. The average Bonchev–Trinajstić information content (AvgIpc) is 3.28. The van der Waals surface area contributed by atoms with Crippen LogP contribution in [0, 0.1) is 0 Å². The number of ether oxygens (including phenoxy) is 1. The third-order valence-electron chi connectivity index (χ3n) is 4.37. The van der Waals surface area contributed by atoms with Gasteiger partial charge in [-0.3, -0.25) is 4.79 Å². The van der Waals surface area contributed by atoms with Gasteiger partial charge in [-0.15, -0.1) is 0 Å². The summed E-state index contributed by atoms with van der Waals surface area (Å²) in [5.41, 5.74) is 0. The van der Waals surface area contributed by atoms with Crippen molar-refractivity contribution in [2.45, 2.75) is 101 Å². The first-order chi connectivity index (χ1) is 11.3. The number of hydrogen-bond donors (Lipinski definition) is 0. The van der Waals surface area contributed by atoms with Gasteiger partial charge in [0.05, 0.1) is 6.61 Å². The Morgan fingerprint density at radius 3 is 2.52 bits per heavy atom. The summed E-state index contributed by atoms with van der Waals surface area (Å²) >= 11 is 2.17. The van der Waals surface area contributed by atoms with Gasteiger partial charge in [0.1, 0.15) is 0 Å². The minimum atomic E-state index is -0.0347. The summed E-state index contributed by atoms with van der Waals surface area (Å²) in [5.74, 6) is -0.0347. The smallest absolute Gasteiger partial charge is 0.305 e. The fourth-order valence-corrected chi connectivity index (χ4v) is 4.01. The Balaban J connectivity index is 1.82. The van der Waals surface area contributed by atoms with Crippen molar-refractivity contribution in [1.82, 2.24) is 0 Å². The van der Waals surface area contributed by atoms with Crippen molar-refractivity contribution in [3.8, 4) is 0 Å². The Morgan fingerprint density at radius 1 is 0.957 bits per heavy atom. The molecule has 0 spiro atoms. The van der Waals surface area contributed by atoms with E-state index in [-0.39, 0.29) is 5.97 Å². The highest BCUT2D eigenvalue weighted by molar-refractivity contribution is 8.07. The minimum absolute atomic E-state index is 0.0347. The third kappa shape index (κ3) is 11.7. The summed E-state index contributed by atoms with van der Waals surface area (Å²) in [5, 5.41) is 1.83. The molecular formula is C20H36O2S. The van der Waals surface area contributed by atoms with Crippen LogP contribution in [0.5, 0.6) is 0 Å². The second kappa shape index (κ2) is 13.9. The fraction of sp³-hybridized carbons (Fsp3) is 0.850. The van der Waals surface area contributed by atoms with Gasteiger partial charge in [0.15, 0.2) is 0 Å². The molecule has 3 heteroatoms. The molecule has 0 aliphatic carbocycles. The molecular weight excluding hydrogens is 304 g/mol. The van der Waals surface area contributed by atoms with E-state index < -0.39 is 0 Å². The maximum absolute atomic E-state index is 11.2. The second-order valence-electron chi connectivity index (χ2n) is 6.53.